The molecule has 5 nitrogen and oxygen atoms in total. The second-order valence-corrected chi connectivity index (χ2v) is 6.77. The van der Waals surface area contributed by atoms with Crippen LogP contribution in [0.5, 0.6) is 17.2 Å². The Morgan fingerprint density at radius 3 is 2.92 bits per heavy atom. The first-order valence-corrected chi connectivity index (χ1v) is 8.82. The third-order valence-corrected chi connectivity index (χ3v) is 4.70. The first-order chi connectivity index (χ1) is 12.7. The van der Waals surface area contributed by atoms with E-state index in [0.717, 1.165) is 21.3 Å². The Morgan fingerprint density at radius 1 is 1.27 bits per heavy atom. The van der Waals surface area contributed by atoms with E-state index in [1.165, 1.54) is 0 Å². The van der Waals surface area contributed by atoms with Crippen LogP contribution in [-0.2, 0) is 6.42 Å². The summed E-state index contributed by atoms with van der Waals surface area (Å²) in [7, 11) is 1.59. The van der Waals surface area contributed by atoms with Crippen molar-refractivity contribution in [1.82, 2.24) is 4.98 Å². The minimum absolute atomic E-state index is 0.209. The monoisotopic (exact) mass is 410 g/mol. The Morgan fingerprint density at radius 2 is 2.15 bits per heavy atom. The van der Waals surface area contributed by atoms with Crippen molar-refractivity contribution in [3.8, 4) is 17.2 Å². The van der Waals surface area contributed by atoms with Crippen LogP contribution in [0.3, 0.4) is 0 Å². The van der Waals surface area contributed by atoms with Gasteiger partial charge in [0.25, 0.3) is 5.91 Å². The van der Waals surface area contributed by atoms with Crippen LogP contribution in [0.4, 0.5) is 5.69 Å². The van der Waals surface area contributed by atoms with Crippen LogP contribution >= 0.6 is 15.9 Å². The first-order valence-electron chi connectivity index (χ1n) is 8.03. The molecule has 6 heteroatoms. The summed E-state index contributed by atoms with van der Waals surface area (Å²) in [6, 6.07) is 12.9. The van der Waals surface area contributed by atoms with Gasteiger partial charge in [-0.3, -0.25) is 9.78 Å². The van der Waals surface area contributed by atoms with E-state index in [2.05, 4.69) is 26.2 Å². The largest absolute Gasteiger partial charge is 0.493 e. The summed E-state index contributed by atoms with van der Waals surface area (Å²) in [5.41, 5.74) is 3.00. The number of hydrogen-bond donors (Lipinski definition) is 1. The lowest BCUT2D eigenvalue weighted by Gasteiger charge is -2.24. The highest BCUT2D eigenvalue weighted by atomic mass is 79.9. The van der Waals surface area contributed by atoms with E-state index >= 15 is 0 Å². The lowest BCUT2D eigenvalue weighted by Crippen LogP contribution is -2.17. The smallest absolute Gasteiger partial charge is 0.256 e. The molecular formula is C20H15BrN2O3. The average molecular weight is 411 g/mol. The van der Waals surface area contributed by atoms with Crippen LogP contribution in [0.2, 0.25) is 0 Å². The number of amides is 1. The predicted octanol–water partition coefficient (Wildman–Crippen LogP) is 4.80. The van der Waals surface area contributed by atoms with Crippen LogP contribution in [0.25, 0.3) is 0 Å². The Bertz CT molecular complexity index is 990. The minimum Gasteiger partial charge on any atom is -0.493 e. The van der Waals surface area contributed by atoms with Gasteiger partial charge in [0, 0.05) is 33.8 Å². The van der Waals surface area contributed by atoms with Gasteiger partial charge in [-0.05, 0) is 42.5 Å². The second kappa shape index (κ2) is 6.80. The number of rotatable bonds is 3. The van der Waals surface area contributed by atoms with Gasteiger partial charge in [0.15, 0.2) is 11.5 Å². The number of nitrogens with zero attached hydrogens (tertiary/aromatic N) is 1. The fraction of sp³-hybridized carbons (Fsp3) is 0.100. The topological polar surface area (TPSA) is 60.5 Å². The standard InChI is InChI=1S/C20H15BrN2O3/c1-25-18-7-5-15(20(24)23-14-3-2-8-22-11-14)16-10-12-9-13(21)4-6-17(12)26-19(16)18/h2-9,11H,10H2,1H3,(H,23,24). The van der Waals surface area contributed by atoms with Crippen molar-refractivity contribution < 1.29 is 14.3 Å². The van der Waals surface area contributed by atoms with E-state index < -0.39 is 0 Å². The van der Waals surface area contributed by atoms with Gasteiger partial charge in [-0.2, -0.15) is 0 Å². The number of anilines is 1. The lowest BCUT2D eigenvalue weighted by molar-refractivity contribution is 0.102. The van der Waals surface area contributed by atoms with Crippen molar-refractivity contribution in [2.24, 2.45) is 0 Å². The summed E-state index contributed by atoms with van der Waals surface area (Å²) in [6.45, 7) is 0. The van der Waals surface area contributed by atoms with Crippen LogP contribution in [0.15, 0.2) is 59.3 Å². The Kier molecular flexibility index (Phi) is 4.34. The number of benzene rings is 2. The molecule has 1 aliphatic heterocycles. The zero-order chi connectivity index (χ0) is 18.1. The van der Waals surface area contributed by atoms with Crippen LogP contribution in [0.1, 0.15) is 21.5 Å². The molecular weight excluding hydrogens is 396 g/mol. The van der Waals surface area contributed by atoms with Crippen molar-refractivity contribution in [1.29, 1.82) is 0 Å². The summed E-state index contributed by atoms with van der Waals surface area (Å²) in [6.07, 6.45) is 3.85. The number of halogens is 1. The number of carbonyl (C=O) groups is 1. The molecule has 1 aliphatic rings. The molecule has 0 bridgehead atoms. The summed E-state index contributed by atoms with van der Waals surface area (Å²) < 4.78 is 12.5. The maximum absolute atomic E-state index is 12.8. The molecule has 0 spiro atoms. The molecule has 0 saturated carbocycles. The van der Waals surface area contributed by atoms with Crippen molar-refractivity contribution in [2.75, 3.05) is 12.4 Å². The third kappa shape index (κ3) is 3.04. The molecule has 2 aromatic carbocycles. The fourth-order valence-electron chi connectivity index (χ4n) is 2.99. The van der Waals surface area contributed by atoms with Gasteiger partial charge in [0.2, 0.25) is 0 Å². The van der Waals surface area contributed by atoms with E-state index in [9.17, 15) is 4.79 Å². The number of pyridine rings is 1. The Labute approximate surface area is 159 Å². The second-order valence-electron chi connectivity index (χ2n) is 5.85. The van der Waals surface area contributed by atoms with Crippen molar-refractivity contribution >= 4 is 27.5 Å². The van der Waals surface area contributed by atoms with E-state index in [-0.39, 0.29) is 5.91 Å². The molecule has 0 aliphatic carbocycles. The number of nitrogens with one attached hydrogen (secondary N) is 1. The average Bonchev–Trinajstić information content (AvgIpc) is 2.66. The van der Waals surface area contributed by atoms with Crippen LogP contribution in [0, 0.1) is 0 Å². The number of hydrogen-bond acceptors (Lipinski definition) is 4. The highest BCUT2D eigenvalue weighted by Gasteiger charge is 2.26. The third-order valence-electron chi connectivity index (χ3n) is 4.21. The summed E-state index contributed by atoms with van der Waals surface area (Å²) >= 11 is 3.48. The van der Waals surface area contributed by atoms with Crippen molar-refractivity contribution in [3.63, 3.8) is 0 Å². The molecule has 1 N–H and O–H groups in total. The lowest BCUT2D eigenvalue weighted by atomic mass is 9.95. The van der Waals surface area contributed by atoms with Gasteiger partial charge in [0.05, 0.1) is 19.0 Å². The molecule has 0 fully saturated rings. The molecule has 26 heavy (non-hydrogen) atoms. The number of fused-ring (bicyclic) bond motifs is 2. The molecule has 0 saturated heterocycles. The van der Waals surface area contributed by atoms with Gasteiger partial charge in [-0.25, -0.2) is 0 Å². The molecule has 3 aromatic rings. The van der Waals surface area contributed by atoms with Gasteiger partial charge < -0.3 is 14.8 Å². The molecule has 0 atom stereocenters. The predicted molar refractivity (Wildman–Crippen MR) is 102 cm³/mol. The summed E-state index contributed by atoms with van der Waals surface area (Å²) in [5.74, 6) is 1.75. The Balaban J connectivity index is 1.75. The maximum atomic E-state index is 12.8. The zero-order valence-corrected chi connectivity index (χ0v) is 15.5. The number of carbonyl (C=O) groups excluding carboxylic acids is 1. The molecule has 1 amide bonds. The highest BCUT2D eigenvalue weighted by Crippen LogP contribution is 2.44. The van der Waals surface area contributed by atoms with Gasteiger partial charge in [0.1, 0.15) is 5.75 Å². The molecule has 4 rings (SSSR count). The van der Waals surface area contributed by atoms with Gasteiger partial charge in [-0.1, -0.05) is 15.9 Å². The SMILES string of the molecule is COc1ccc(C(=O)Nc2cccnc2)c2c1Oc1ccc(Br)cc1C2. The van der Waals surface area contributed by atoms with E-state index in [4.69, 9.17) is 9.47 Å². The highest BCUT2D eigenvalue weighted by molar-refractivity contribution is 9.10. The van der Waals surface area contributed by atoms with Crippen molar-refractivity contribution in [3.05, 3.63) is 76.0 Å². The van der Waals surface area contributed by atoms with Crippen molar-refractivity contribution in [2.45, 2.75) is 6.42 Å². The fourth-order valence-corrected chi connectivity index (χ4v) is 3.40. The molecule has 0 radical (unpaired) electrons. The molecule has 1 aromatic heterocycles. The van der Waals surface area contributed by atoms with E-state index in [1.54, 1.807) is 43.8 Å². The van der Waals surface area contributed by atoms with Crippen LogP contribution in [-0.4, -0.2) is 18.0 Å². The van der Waals surface area contributed by atoms with E-state index in [1.807, 2.05) is 18.2 Å². The van der Waals surface area contributed by atoms with Gasteiger partial charge >= 0.3 is 0 Å². The van der Waals surface area contributed by atoms with Crippen LogP contribution < -0.4 is 14.8 Å². The number of methoxy groups -OCH3 is 1. The normalized spacial score (nSPS) is 11.8. The molecule has 130 valence electrons. The quantitative estimate of drug-likeness (QED) is 0.526. The zero-order valence-electron chi connectivity index (χ0n) is 14.0. The first kappa shape index (κ1) is 16.6. The maximum Gasteiger partial charge on any atom is 0.256 e. The molecule has 0 unspecified atom stereocenters. The molecule has 2 heterocycles. The minimum atomic E-state index is -0.209. The summed E-state index contributed by atoms with van der Waals surface area (Å²) in [4.78, 5) is 16.8. The van der Waals surface area contributed by atoms with E-state index in [0.29, 0.717) is 29.2 Å². The summed E-state index contributed by atoms with van der Waals surface area (Å²) in [5, 5.41) is 2.87. The Hall–Kier alpha value is -2.86. The number of aromatic nitrogens is 1. The number of ether oxygens (including phenoxy) is 2. The van der Waals surface area contributed by atoms with Gasteiger partial charge in [-0.15, -0.1) is 0 Å².